The Morgan fingerprint density at radius 2 is 2.03 bits per heavy atom. The third kappa shape index (κ3) is 4.67. The van der Waals surface area contributed by atoms with Crippen LogP contribution in [0.1, 0.15) is 22.0 Å². The summed E-state index contributed by atoms with van der Waals surface area (Å²) in [5, 5.41) is 4.77. The lowest BCUT2D eigenvalue weighted by Gasteiger charge is -2.35. The minimum absolute atomic E-state index is 0.0512. The van der Waals surface area contributed by atoms with Gasteiger partial charge >= 0.3 is 0 Å². The maximum atomic E-state index is 13.8. The number of hydrogen-bond acceptors (Lipinski definition) is 5. The molecule has 4 rings (SSSR count). The fraction of sp³-hybridized carbons (Fsp3) is 0.273. The van der Waals surface area contributed by atoms with E-state index in [0.717, 1.165) is 10.4 Å². The molecule has 2 aromatic heterocycles. The molecule has 0 aliphatic carbocycles. The molecule has 1 amide bonds. The van der Waals surface area contributed by atoms with Crippen molar-refractivity contribution in [3.05, 3.63) is 81.2 Å². The molecule has 0 bridgehead atoms. The van der Waals surface area contributed by atoms with Gasteiger partial charge in [-0.25, -0.2) is 4.39 Å². The average molecular weight is 428 g/mol. The predicted octanol–water partition coefficient (Wildman–Crippen LogP) is 3.05. The number of hydrogen-bond donors (Lipinski definition) is 2. The topological polar surface area (TPSA) is 74.4 Å². The van der Waals surface area contributed by atoms with Crippen LogP contribution in [-0.4, -0.2) is 48.6 Å². The van der Waals surface area contributed by atoms with E-state index >= 15 is 0 Å². The number of halogens is 1. The van der Waals surface area contributed by atoms with Gasteiger partial charge in [-0.05, 0) is 41.3 Å². The number of thiophene rings is 1. The second-order valence-electron chi connectivity index (χ2n) is 7.02. The smallest absolute Gasteiger partial charge is 0.261 e. The van der Waals surface area contributed by atoms with E-state index in [-0.39, 0.29) is 24.0 Å². The van der Waals surface area contributed by atoms with Crippen LogP contribution in [0, 0.1) is 5.82 Å². The molecular weight excluding hydrogens is 405 g/mol. The van der Waals surface area contributed by atoms with E-state index in [1.807, 2.05) is 23.6 Å². The molecule has 3 aromatic rings. The number of carbonyl (C=O) groups excluding carboxylic acids is 1. The Kier molecular flexibility index (Phi) is 6.37. The second-order valence-corrected chi connectivity index (χ2v) is 7.97. The summed E-state index contributed by atoms with van der Waals surface area (Å²) in [5.41, 5.74) is 1.07. The van der Waals surface area contributed by atoms with Crippen molar-refractivity contribution in [2.75, 3.05) is 32.8 Å². The van der Waals surface area contributed by atoms with Crippen LogP contribution in [-0.2, 0) is 4.74 Å². The van der Waals surface area contributed by atoms with E-state index in [9.17, 15) is 14.0 Å². The molecule has 6 nitrogen and oxygen atoms in total. The zero-order valence-electron chi connectivity index (χ0n) is 16.3. The molecule has 8 heteroatoms. The Bertz CT molecular complexity index is 1060. The average Bonchev–Trinajstić information content (AvgIpc) is 3.29. The first-order valence-corrected chi connectivity index (χ1v) is 10.6. The van der Waals surface area contributed by atoms with Gasteiger partial charge in [-0.1, -0.05) is 18.2 Å². The molecule has 2 N–H and O–H groups in total. The minimum atomic E-state index is -0.455. The summed E-state index contributed by atoms with van der Waals surface area (Å²) in [7, 11) is 0. The molecule has 3 heterocycles. The van der Waals surface area contributed by atoms with Crippen molar-refractivity contribution < 1.29 is 13.9 Å². The van der Waals surface area contributed by atoms with Crippen LogP contribution in [0.5, 0.6) is 0 Å². The number of rotatable bonds is 6. The number of benzene rings is 1. The van der Waals surface area contributed by atoms with Gasteiger partial charge in [0.2, 0.25) is 0 Å². The maximum absolute atomic E-state index is 13.8. The number of H-pyrrole nitrogens is 1. The van der Waals surface area contributed by atoms with Gasteiger partial charge in [0.1, 0.15) is 11.4 Å². The van der Waals surface area contributed by atoms with Gasteiger partial charge in [-0.3, -0.25) is 14.5 Å². The van der Waals surface area contributed by atoms with Crippen molar-refractivity contribution in [2.45, 2.75) is 6.04 Å². The van der Waals surface area contributed by atoms with E-state index < -0.39 is 11.5 Å². The fourth-order valence-corrected chi connectivity index (χ4v) is 4.28. The lowest BCUT2D eigenvalue weighted by molar-refractivity contribution is 0.0162. The maximum Gasteiger partial charge on any atom is 0.261 e. The van der Waals surface area contributed by atoms with Crippen LogP contribution >= 0.6 is 11.3 Å². The zero-order valence-corrected chi connectivity index (χ0v) is 17.1. The summed E-state index contributed by atoms with van der Waals surface area (Å²) in [6, 6.07) is 13.2. The van der Waals surface area contributed by atoms with E-state index in [1.165, 1.54) is 29.5 Å². The molecule has 1 atom stereocenters. The molecule has 0 saturated carbocycles. The van der Waals surface area contributed by atoms with Crippen molar-refractivity contribution in [3.8, 4) is 10.6 Å². The molecule has 1 aromatic carbocycles. The largest absolute Gasteiger partial charge is 0.379 e. The first kappa shape index (κ1) is 20.5. The first-order chi connectivity index (χ1) is 14.6. The van der Waals surface area contributed by atoms with E-state index in [1.54, 1.807) is 12.1 Å². The Balaban J connectivity index is 1.50. The minimum Gasteiger partial charge on any atom is -0.379 e. The number of nitrogens with zero attached hydrogens (tertiary/aromatic N) is 1. The molecule has 1 fully saturated rings. The zero-order chi connectivity index (χ0) is 20.9. The van der Waals surface area contributed by atoms with E-state index in [0.29, 0.717) is 32.0 Å². The lowest BCUT2D eigenvalue weighted by atomic mass is 10.0. The highest BCUT2D eigenvalue weighted by atomic mass is 32.1. The summed E-state index contributed by atoms with van der Waals surface area (Å²) < 4.78 is 19.2. The molecular formula is C22H22FN3O3S. The Morgan fingerprint density at radius 3 is 2.73 bits per heavy atom. The van der Waals surface area contributed by atoms with Gasteiger partial charge in [-0.2, -0.15) is 0 Å². The van der Waals surface area contributed by atoms with Crippen LogP contribution < -0.4 is 10.9 Å². The van der Waals surface area contributed by atoms with Gasteiger partial charge in [-0.15, -0.1) is 11.3 Å². The molecule has 156 valence electrons. The fourth-order valence-electron chi connectivity index (χ4n) is 3.57. The molecule has 0 radical (unpaired) electrons. The van der Waals surface area contributed by atoms with Gasteiger partial charge in [0, 0.05) is 19.6 Å². The van der Waals surface area contributed by atoms with Crippen LogP contribution in [0.2, 0.25) is 0 Å². The van der Waals surface area contributed by atoms with Gasteiger partial charge < -0.3 is 15.0 Å². The van der Waals surface area contributed by atoms with E-state index in [2.05, 4.69) is 15.2 Å². The molecule has 1 saturated heterocycles. The number of nitrogens with one attached hydrogen (secondary N) is 2. The van der Waals surface area contributed by atoms with Gasteiger partial charge in [0.05, 0.1) is 29.8 Å². The van der Waals surface area contributed by atoms with Crippen molar-refractivity contribution in [2.24, 2.45) is 0 Å². The first-order valence-electron chi connectivity index (χ1n) is 9.74. The summed E-state index contributed by atoms with van der Waals surface area (Å²) in [6.45, 7) is 2.81. The number of aromatic nitrogens is 1. The Labute approximate surface area is 177 Å². The highest BCUT2D eigenvalue weighted by Crippen LogP contribution is 2.23. The SMILES string of the molecule is O=C(NCC(c1cccc(F)c1)N1CCOCC1)c1ccc(-c2cccs2)[nH]c1=O. The van der Waals surface area contributed by atoms with E-state index in [4.69, 9.17) is 4.74 Å². The number of amides is 1. The molecule has 0 spiro atoms. The molecule has 1 unspecified atom stereocenters. The molecule has 30 heavy (non-hydrogen) atoms. The summed E-state index contributed by atoms with van der Waals surface area (Å²) in [4.78, 5) is 31.0. The molecule has 1 aliphatic rings. The van der Waals surface area contributed by atoms with Crippen LogP contribution in [0.3, 0.4) is 0 Å². The third-order valence-corrected chi connectivity index (χ3v) is 6.02. The quantitative estimate of drug-likeness (QED) is 0.634. The number of ether oxygens (including phenoxy) is 1. The standard InChI is InChI=1S/C22H22FN3O3S/c23-16-4-1-3-15(13-16)19(26-8-10-29-11-9-26)14-24-21(27)17-6-7-18(25-22(17)28)20-5-2-12-30-20/h1-7,12-13,19H,8-11,14H2,(H,24,27)(H,25,28). The normalized spacial score (nSPS) is 15.6. The second kappa shape index (κ2) is 9.34. The third-order valence-electron chi connectivity index (χ3n) is 5.12. The summed E-state index contributed by atoms with van der Waals surface area (Å²) in [6.07, 6.45) is 0. The van der Waals surface area contributed by atoms with Crippen molar-refractivity contribution in [1.29, 1.82) is 0 Å². The summed E-state index contributed by atoms with van der Waals surface area (Å²) in [5.74, 6) is -0.777. The Hall–Kier alpha value is -2.81. The number of pyridine rings is 1. The number of carbonyl (C=O) groups is 1. The lowest BCUT2D eigenvalue weighted by Crippen LogP contribution is -2.44. The number of morpholine rings is 1. The van der Waals surface area contributed by atoms with Crippen molar-refractivity contribution >= 4 is 17.2 Å². The monoisotopic (exact) mass is 427 g/mol. The van der Waals surface area contributed by atoms with Crippen molar-refractivity contribution in [1.82, 2.24) is 15.2 Å². The number of aromatic amines is 1. The van der Waals surface area contributed by atoms with Gasteiger partial charge in [0.15, 0.2) is 0 Å². The highest BCUT2D eigenvalue weighted by molar-refractivity contribution is 7.13. The molecule has 1 aliphatic heterocycles. The summed E-state index contributed by atoms with van der Waals surface area (Å²) >= 11 is 1.51. The predicted molar refractivity (Wildman–Crippen MR) is 114 cm³/mol. The van der Waals surface area contributed by atoms with Crippen LogP contribution in [0.4, 0.5) is 4.39 Å². The van der Waals surface area contributed by atoms with Gasteiger partial charge in [0.25, 0.3) is 11.5 Å². The van der Waals surface area contributed by atoms with Crippen LogP contribution in [0.15, 0.2) is 58.7 Å². The Morgan fingerprint density at radius 1 is 1.20 bits per heavy atom. The van der Waals surface area contributed by atoms with Crippen LogP contribution in [0.25, 0.3) is 10.6 Å². The van der Waals surface area contributed by atoms with Crippen molar-refractivity contribution in [3.63, 3.8) is 0 Å². The highest BCUT2D eigenvalue weighted by Gasteiger charge is 2.24.